The first-order valence-corrected chi connectivity index (χ1v) is 3.34. The van der Waals surface area contributed by atoms with Crippen LogP contribution in [0.2, 0.25) is 0 Å². The monoisotopic (exact) mass is 129 g/mol. The zero-order valence-electron chi connectivity index (χ0n) is 6.18. The molecule has 9 heavy (non-hydrogen) atoms. The molecule has 0 aromatic carbocycles. The lowest BCUT2D eigenvalue weighted by Gasteiger charge is -1.99. The van der Waals surface area contributed by atoms with Crippen molar-refractivity contribution < 1.29 is 4.74 Å². The number of allylic oxidation sites excluding steroid dienone is 1. The van der Waals surface area contributed by atoms with Crippen molar-refractivity contribution in [2.24, 2.45) is 0 Å². The lowest BCUT2D eigenvalue weighted by Crippen LogP contribution is -2.13. The Kier molecular flexibility index (Phi) is 7.08. The van der Waals surface area contributed by atoms with Crippen LogP contribution < -0.4 is 5.32 Å². The van der Waals surface area contributed by atoms with Gasteiger partial charge < -0.3 is 10.1 Å². The molecule has 0 aliphatic rings. The molecule has 0 aromatic heterocycles. The first-order valence-electron chi connectivity index (χ1n) is 3.34. The molecule has 0 rings (SSSR count). The molecule has 0 heterocycles. The molecule has 0 atom stereocenters. The Hall–Kier alpha value is -0.500. The van der Waals surface area contributed by atoms with E-state index >= 15 is 0 Å². The van der Waals surface area contributed by atoms with Gasteiger partial charge in [-0.25, -0.2) is 0 Å². The highest BCUT2D eigenvalue weighted by molar-refractivity contribution is 4.73. The summed E-state index contributed by atoms with van der Waals surface area (Å²) in [4.78, 5) is 0. The Bertz CT molecular complexity index is 71.3. The summed E-state index contributed by atoms with van der Waals surface area (Å²) >= 11 is 0. The first kappa shape index (κ1) is 8.50. The Morgan fingerprint density at radius 3 is 2.89 bits per heavy atom. The molecular weight excluding hydrogens is 114 g/mol. The normalized spacial score (nSPS) is 10.4. The summed E-state index contributed by atoms with van der Waals surface area (Å²) < 4.78 is 5.08. The molecule has 0 unspecified atom stereocenters. The standard InChI is InChI=1S/C7H15NO/c1-3-5-8-6-7-9-4-2/h3,5,8H,4,6-7H2,1-2H3. The highest BCUT2D eigenvalue weighted by atomic mass is 16.5. The highest BCUT2D eigenvalue weighted by Gasteiger charge is 1.78. The summed E-state index contributed by atoms with van der Waals surface area (Å²) in [5.41, 5.74) is 0. The quantitative estimate of drug-likeness (QED) is 0.562. The number of hydrogen-bond acceptors (Lipinski definition) is 2. The topological polar surface area (TPSA) is 21.3 Å². The lowest BCUT2D eigenvalue weighted by molar-refractivity contribution is 0.151. The number of ether oxygens (including phenoxy) is 1. The smallest absolute Gasteiger partial charge is 0.0638 e. The van der Waals surface area contributed by atoms with Crippen molar-refractivity contribution in [3.8, 4) is 0 Å². The Morgan fingerprint density at radius 1 is 1.56 bits per heavy atom. The van der Waals surface area contributed by atoms with Gasteiger partial charge in [-0.3, -0.25) is 0 Å². The number of rotatable bonds is 5. The first-order chi connectivity index (χ1) is 4.41. The van der Waals surface area contributed by atoms with Crippen LogP contribution in [0.3, 0.4) is 0 Å². The van der Waals surface area contributed by atoms with Crippen LogP contribution in [0.25, 0.3) is 0 Å². The van der Waals surface area contributed by atoms with E-state index < -0.39 is 0 Å². The van der Waals surface area contributed by atoms with Gasteiger partial charge in [0, 0.05) is 13.2 Å². The minimum Gasteiger partial charge on any atom is -0.389 e. The molecule has 0 saturated carbocycles. The van der Waals surface area contributed by atoms with Gasteiger partial charge in [-0.15, -0.1) is 0 Å². The zero-order chi connectivity index (χ0) is 6.95. The van der Waals surface area contributed by atoms with Crippen molar-refractivity contribution in [3.05, 3.63) is 12.3 Å². The molecule has 2 heteroatoms. The summed E-state index contributed by atoms with van der Waals surface area (Å²) in [6.45, 7) is 6.47. The Balaban J connectivity index is 2.75. The third-order valence-electron chi connectivity index (χ3n) is 0.879. The fourth-order valence-corrected chi connectivity index (χ4v) is 0.477. The predicted molar refractivity (Wildman–Crippen MR) is 39.3 cm³/mol. The van der Waals surface area contributed by atoms with E-state index in [9.17, 15) is 0 Å². The molecule has 0 fully saturated rings. The average Bonchev–Trinajstić information content (AvgIpc) is 1.89. The van der Waals surface area contributed by atoms with E-state index in [0.29, 0.717) is 0 Å². The minimum atomic E-state index is 0.792. The molecule has 54 valence electrons. The van der Waals surface area contributed by atoms with Crippen LogP contribution in [0.1, 0.15) is 13.8 Å². The van der Waals surface area contributed by atoms with Crippen molar-refractivity contribution in [1.82, 2.24) is 5.32 Å². The van der Waals surface area contributed by atoms with Gasteiger partial charge in [0.05, 0.1) is 6.61 Å². The van der Waals surface area contributed by atoms with Gasteiger partial charge in [-0.1, -0.05) is 6.08 Å². The van der Waals surface area contributed by atoms with Gasteiger partial charge in [-0.2, -0.15) is 0 Å². The van der Waals surface area contributed by atoms with Crippen LogP contribution >= 0.6 is 0 Å². The van der Waals surface area contributed by atoms with Crippen LogP contribution in [-0.4, -0.2) is 19.8 Å². The summed E-state index contributed by atoms with van der Waals surface area (Å²) in [6.07, 6.45) is 3.88. The second kappa shape index (κ2) is 7.50. The number of hydrogen-bond donors (Lipinski definition) is 1. The molecular formula is C7H15NO. The van der Waals surface area contributed by atoms with Crippen molar-refractivity contribution in [3.63, 3.8) is 0 Å². The molecule has 0 bridgehead atoms. The number of nitrogens with one attached hydrogen (secondary N) is 1. The van der Waals surface area contributed by atoms with E-state index in [4.69, 9.17) is 4.74 Å². The maximum absolute atomic E-state index is 5.08. The van der Waals surface area contributed by atoms with Crippen LogP contribution in [0.5, 0.6) is 0 Å². The Labute approximate surface area is 56.9 Å². The largest absolute Gasteiger partial charge is 0.389 e. The van der Waals surface area contributed by atoms with Crippen LogP contribution in [0, 0.1) is 0 Å². The molecule has 0 aliphatic heterocycles. The molecule has 0 aromatic rings. The SMILES string of the molecule is CC=CNCCOCC. The predicted octanol–water partition coefficient (Wildman–Crippen LogP) is 1.15. The third-order valence-corrected chi connectivity index (χ3v) is 0.879. The van der Waals surface area contributed by atoms with E-state index in [1.54, 1.807) is 0 Å². The third kappa shape index (κ3) is 7.50. The van der Waals surface area contributed by atoms with E-state index in [-0.39, 0.29) is 0 Å². The van der Waals surface area contributed by atoms with E-state index in [2.05, 4.69) is 5.32 Å². The van der Waals surface area contributed by atoms with Gasteiger partial charge >= 0.3 is 0 Å². The Morgan fingerprint density at radius 2 is 2.33 bits per heavy atom. The van der Waals surface area contributed by atoms with E-state index in [1.807, 2.05) is 26.1 Å². The van der Waals surface area contributed by atoms with Crippen molar-refractivity contribution in [2.45, 2.75) is 13.8 Å². The minimum absolute atomic E-state index is 0.792. The van der Waals surface area contributed by atoms with Crippen molar-refractivity contribution in [2.75, 3.05) is 19.8 Å². The van der Waals surface area contributed by atoms with Gasteiger partial charge in [0.1, 0.15) is 0 Å². The van der Waals surface area contributed by atoms with Gasteiger partial charge in [0.25, 0.3) is 0 Å². The summed E-state index contributed by atoms with van der Waals surface area (Å²) in [6, 6.07) is 0. The van der Waals surface area contributed by atoms with Gasteiger partial charge in [0.15, 0.2) is 0 Å². The molecule has 0 aliphatic carbocycles. The average molecular weight is 129 g/mol. The lowest BCUT2D eigenvalue weighted by atomic mass is 10.6. The second-order valence-corrected chi connectivity index (χ2v) is 1.65. The van der Waals surface area contributed by atoms with Gasteiger partial charge in [-0.05, 0) is 20.0 Å². The summed E-state index contributed by atoms with van der Waals surface area (Å²) in [5, 5.41) is 3.06. The van der Waals surface area contributed by atoms with Gasteiger partial charge in [0.2, 0.25) is 0 Å². The van der Waals surface area contributed by atoms with Crippen LogP contribution in [0.4, 0.5) is 0 Å². The highest BCUT2D eigenvalue weighted by Crippen LogP contribution is 1.70. The molecule has 0 spiro atoms. The molecule has 2 nitrogen and oxygen atoms in total. The van der Waals surface area contributed by atoms with E-state index in [0.717, 1.165) is 19.8 Å². The summed E-state index contributed by atoms with van der Waals surface area (Å²) in [7, 11) is 0. The second-order valence-electron chi connectivity index (χ2n) is 1.65. The maximum Gasteiger partial charge on any atom is 0.0638 e. The molecule has 0 amide bonds. The molecule has 0 saturated heterocycles. The van der Waals surface area contributed by atoms with Crippen molar-refractivity contribution in [1.29, 1.82) is 0 Å². The van der Waals surface area contributed by atoms with Crippen molar-refractivity contribution >= 4 is 0 Å². The van der Waals surface area contributed by atoms with Crippen LogP contribution in [0.15, 0.2) is 12.3 Å². The van der Waals surface area contributed by atoms with Crippen LogP contribution in [-0.2, 0) is 4.74 Å². The maximum atomic E-state index is 5.08. The summed E-state index contributed by atoms with van der Waals surface area (Å²) in [5.74, 6) is 0. The fraction of sp³-hybridized carbons (Fsp3) is 0.714. The molecule has 1 N–H and O–H groups in total. The zero-order valence-corrected chi connectivity index (χ0v) is 6.18. The fourth-order valence-electron chi connectivity index (χ4n) is 0.477. The molecule has 0 radical (unpaired) electrons. The van der Waals surface area contributed by atoms with E-state index in [1.165, 1.54) is 0 Å².